The molecule has 0 bridgehead atoms. The molecule has 0 heterocycles. The van der Waals surface area contributed by atoms with Crippen LogP contribution in [0.25, 0.3) is 22.3 Å². The molecule has 0 spiro atoms. The van der Waals surface area contributed by atoms with Crippen molar-refractivity contribution < 1.29 is 96.6 Å². The van der Waals surface area contributed by atoms with E-state index >= 15 is 17.6 Å². The second-order valence-corrected chi connectivity index (χ2v) is 12.7. The molecule has 0 aliphatic rings. The highest BCUT2D eigenvalue weighted by Gasteiger charge is 2.38. The second kappa shape index (κ2) is 14.0. The Morgan fingerprint density at radius 1 is 0.148 bits per heavy atom. The van der Waals surface area contributed by atoms with E-state index < -0.39 is 190 Å². The van der Waals surface area contributed by atoms with Gasteiger partial charge >= 0.3 is 0 Å². The van der Waals surface area contributed by atoms with E-state index in [2.05, 4.69) is 0 Å². The van der Waals surface area contributed by atoms with Crippen molar-refractivity contribution in [1.82, 2.24) is 0 Å². The molecule has 0 N–H and O–H groups in total. The molecular weight excluding hydrogens is 834 g/mol. The molecule has 24 heteroatoms. The van der Waals surface area contributed by atoms with E-state index in [1.165, 1.54) is 0 Å². The molecule has 0 unspecified atom stereocenters. The van der Waals surface area contributed by atoms with Gasteiger partial charge in [0.15, 0.2) is 116 Å². The first kappa shape index (κ1) is 40.2. The van der Waals surface area contributed by atoms with Crippen molar-refractivity contribution >= 4 is 39.8 Å². The smallest absolute Gasteiger partial charge is 0.200 e. The van der Waals surface area contributed by atoms with Crippen LogP contribution in [0.15, 0.2) is 0 Å². The van der Waals surface area contributed by atoms with Gasteiger partial charge in [0.2, 0.25) is 11.6 Å². The molecule has 5 rings (SSSR count). The molecule has 54 heavy (non-hydrogen) atoms. The summed E-state index contributed by atoms with van der Waals surface area (Å²) in [7, 11) is -5.30. The van der Waals surface area contributed by atoms with E-state index in [0.717, 1.165) is 0 Å². The number of benzene rings is 5. The van der Waals surface area contributed by atoms with Crippen LogP contribution in [0.1, 0.15) is 0 Å². The summed E-state index contributed by atoms with van der Waals surface area (Å²) in [6.07, 6.45) is 0. The van der Waals surface area contributed by atoms with Crippen LogP contribution in [0.5, 0.6) is 0 Å². The Labute approximate surface area is 286 Å². The molecule has 4 radical (unpaired) electrons. The van der Waals surface area contributed by atoms with Crippen molar-refractivity contribution in [2.75, 3.05) is 0 Å². The summed E-state index contributed by atoms with van der Waals surface area (Å²) in [5.41, 5.74) is -10.3. The van der Waals surface area contributed by atoms with Gasteiger partial charge < -0.3 is 0 Å². The van der Waals surface area contributed by atoms with Gasteiger partial charge in [-0.05, 0) is 0 Å². The Bertz CT molecular complexity index is 2160. The van der Waals surface area contributed by atoms with E-state index in [-0.39, 0.29) is 0 Å². The van der Waals surface area contributed by atoms with Crippen molar-refractivity contribution in [3.63, 3.8) is 0 Å². The van der Waals surface area contributed by atoms with E-state index in [4.69, 9.17) is 0 Å². The van der Waals surface area contributed by atoms with E-state index in [1.54, 1.807) is 0 Å². The Morgan fingerprint density at radius 3 is 0.426 bits per heavy atom. The highest BCUT2D eigenvalue weighted by molar-refractivity contribution is 6.69. The molecule has 0 amide bonds. The summed E-state index contributed by atoms with van der Waals surface area (Å²) in [5.74, 6) is -63.8. The average Bonchev–Trinajstić information content (AvgIpc) is 3.14. The van der Waals surface area contributed by atoms with Crippen LogP contribution in [-0.2, 0) is 0 Å². The fourth-order valence-electron chi connectivity index (χ4n) is 4.67. The average molecular weight is 834 g/mol. The van der Waals surface area contributed by atoms with Crippen LogP contribution in [-0.4, -0.2) is 19.0 Å². The lowest BCUT2D eigenvalue weighted by Crippen LogP contribution is -2.45. The van der Waals surface area contributed by atoms with Gasteiger partial charge in [0.05, 0.1) is 22.3 Å². The predicted molar refractivity (Wildman–Crippen MR) is 139 cm³/mol. The van der Waals surface area contributed by atoms with Gasteiger partial charge in [0.1, 0.15) is 19.0 Å². The fourth-order valence-corrected chi connectivity index (χ4v) is 6.93. The first-order chi connectivity index (χ1) is 25.0. The third-order valence-corrected chi connectivity index (χ3v) is 9.97. The van der Waals surface area contributed by atoms with Gasteiger partial charge in [0, 0.05) is 20.7 Å². The fraction of sp³-hybridized carbons (Fsp3) is 0. The van der Waals surface area contributed by atoms with Gasteiger partial charge in [0.25, 0.3) is 0 Å². The molecule has 282 valence electrons. The summed E-state index contributed by atoms with van der Waals surface area (Å²) < 4.78 is 317. The van der Waals surface area contributed by atoms with Crippen LogP contribution < -0.4 is 20.7 Å². The zero-order valence-electron chi connectivity index (χ0n) is 24.3. The summed E-state index contributed by atoms with van der Waals surface area (Å²) in [6.45, 7) is 0. The van der Waals surface area contributed by atoms with Crippen molar-refractivity contribution in [1.29, 1.82) is 0 Å². The van der Waals surface area contributed by atoms with Crippen molar-refractivity contribution in [2.45, 2.75) is 0 Å². The summed E-state index contributed by atoms with van der Waals surface area (Å²) in [4.78, 5) is 0. The molecule has 5 aromatic carbocycles. The maximum atomic E-state index is 15.0. The predicted octanol–water partition coefficient (Wildman–Crippen LogP) is 7.39. The molecule has 0 atom stereocenters. The molecule has 0 saturated carbocycles. The lowest BCUT2D eigenvalue weighted by atomic mass is 10.0. The van der Waals surface area contributed by atoms with Gasteiger partial charge in [-0.1, -0.05) is 0 Å². The minimum absolute atomic E-state index is 2.20. The third-order valence-electron chi connectivity index (χ3n) is 7.21. The molecule has 0 aliphatic carbocycles. The third kappa shape index (κ3) is 5.79. The maximum absolute atomic E-state index is 15.0. The van der Waals surface area contributed by atoms with Crippen LogP contribution in [0.3, 0.4) is 0 Å². The van der Waals surface area contributed by atoms with Crippen LogP contribution in [0.2, 0.25) is 0 Å². The van der Waals surface area contributed by atoms with Crippen molar-refractivity contribution in [3.05, 3.63) is 128 Å². The van der Waals surface area contributed by atoms with Gasteiger partial charge in [-0.15, -0.1) is 0 Å². The molecule has 0 aromatic heterocycles. The first-order valence-corrected chi connectivity index (χ1v) is 15.2. The number of hydrogen-bond donors (Lipinski definition) is 0. The molecule has 0 aliphatic heterocycles. The van der Waals surface area contributed by atoms with Gasteiger partial charge in [-0.3, -0.25) is 0 Å². The minimum Gasteiger partial charge on any atom is -0.204 e. The summed E-state index contributed by atoms with van der Waals surface area (Å²) in [5, 5.41) is -8.85. The Kier molecular flexibility index (Phi) is 10.4. The number of rotatable bonds is 6. The van der Waals surface area contributed by atoms with Crippen molar-refractivity contribution in [3.8, 4) is 22.3 Å². The molecular formula is C30F22Si2. The lowest BCUT2D eigenvalue weighted by molar-refractivity contribution is 0.379. The molecule has 0 fully saturated rings. The molecule has 0 saturated heterocycles. The summed E-state index contributed by atoms with van der Waals surface area (Å²) >= 11 is 0. The Hall–Kier alpha value is -5.01. The van der Waals surface area contributed by atoms with E-state index in [0.29, 0.717) is 0 Å². The highest BCUT2D eigenvalue weighted by Crippen LogP contribution is 2.37. The number of halogens is 22. The maximum Gasteiger partial charge on any atom is 0.200 e. The SMILES string of the molecule is Fc1c(F)c(F)c(-c2c(F)c(F)c([Si]c3c(F)c(F)c([Si]c4c(F)c(F)c(-c5c(F)c(F)c(F)c(F)c5F)c(F)c4F)c(F)c3F)c(F)c2F)c(F)c1F. The largest absolute Gasteiger partial charge is 0.204 e. The normalized spacial score (nSPS) is 11.7. The number of hydrogen-bond acceptors (Lipinski definition) is 0. The second-order valence-electron chi connectivity index (χ2n) is 10.2. The molecule has 0 nitrogen and oxygen atoms in total. The Morgan fingerprint density at radius 2 is 0.259 bits per heavy atom. The van der Waals surface area contributed by atoms with Gasteiger partial charge in [-0.2, -0.15) is 0 Å². The van der Waals surface area contributed by atoms with Gasteiger partial charge in [-0.25, -0.2) is 96.6 Å². The highest BCUT2D eigenvalue weighted by atomic mass is 28.2. The van der Waals surface area contributed by atoms with E-state index in [9.17, 15) is 79.0 Å². The van der Waals surface area contributed by atoms with Crippen LogP contribution >= 0.6 is 0 Å². The first-order valence-electron chi connectivity index (χ1n) is 13.2. The quantitative estimate of drug-likeness (QED) is 0.0726. The monoisotopic (exact) mass is 834 g/mol. The Balaban J connectivity index is 1.63. The van der Waals surface area contributed by atoms with E-state index in [1.807, 2.05) is 0 Å². The zero-order valence-corrected chi connectivity index (χ0v) is 26.3. The van der Waals surface area contributed by atoms with Crippen molar-refractivity contribution in [2.24, 2.45) is 0 Å². The standard InChI is InChI=1S/C30F22Si2/c31-5-1(6(32)14(40)17(43)13(5)39)3-9(35)19(45)27(20(46)10(3)36)53-29-23(49)25(51)30(26(52)24(29)50)54-28-21(47)11(37)4(12(38)22(28)48)2-7(33)15(41)18(44)16(42)8(2)34. The lowest BCUT2D eigenvalue weighted by Gasteiger charge is -2.16. The van der Waals surface area contributed by atoms with Crippen LogP contribution in [0.4, 0.5) is 96.6 Å². The van der Waals surface area contributed by atoms with Crippen LogP contribution in [0, 0.1) is 128 Å². The zero-order chi connectivity index (χ0) is 40.7. The minimum atomic E-state index is -2.97. The topological polar surface area (TPSA) is 0 Å². The molecule has 5 aromatic rings. The summed E-state index contributed by atoms with van der Waals surface area (Å²) in [6, 6.07) is 0.